The third kappa shape index (κ3) is 6.24. The minimum atomic E-state index is -0.676. The highest BCUT2D eigenvalue weighted by Gasteiger charge is 2.26. The number of anilines is 1. The Morgan fingerprint density at radius 2 is 1.92 bits per heavy atom. The quantitative estimate of drug-likeness (QED) is 0.281. The number of aryl methyl sites for hydroxylation is 2. The predicted octanol–water partition coefficient (Wildman–Crippen LogP) is 3.87. The number of hydrogen-bond acceptors (Lipinski definition) is 9. The number of primary amides is 1. The van der Waals surface area contributed by atoms with Gasteiger partial charge in [-0.25, -0.2) is 4.79 Å². The molecular formula is C24H29N5O5S2. The number of benzene rings is 1. The summed E-state index contributed by atoms with van der Waals surface area (Å²) in [4.78, 5) is 37.1. The molecule has 10 nitrogen and oxygen atoms in total. The van der Waals surface area contributed by atoms with Crippen LogP contribution in [0.1, 0.15) is 56.4 Å². The average Bonchev–Trinajstić information content (AvgIpc) is 3.37. The SMILES string of the molecule is CCOC(=O)c1c(NC(=O)CSc2nnc(COc3ccc(C)cc3C)n2CC)sc(C(N)=O)c1C. The van der Waals surface area contributed by atoms with Gasteiger partial charge in [0.25, 0.3) is 5.91 Å². The number of nitrogens with two attached hydrogens (primary N) is 1. The van der Waals surface area contributed by atoms with Crippen LogP contribution in [0.2, 0.25) is 0 Å². The molecule has 3 rings (SSSR count). The summed E-state index contributed by atoms with van der Waals surface area (Å²) in [7, 11) is 0. The van der Waals surface area contributed by atoms with Crippen LogP contribution in [0.4, 0.5) is 5.00 Å². The van der Waals surface area contributed by atoms with Crippen LogP contribution >= 0.6 is 23.1 Å². The van der Waals surface area contributed by atoms with Gasteiger partial charge in [-0.15, -0.1) is 21.5 Å². The first-order valence-electron chi connectivity index (χ1n) is 11.3. The second-order valence-corrected chi connectivity index (χ2v) is 9.85. The molecule has 36 heavy (non-hydrogen) atoms. The second-order valence-electron chi connectivity index (χ2n) is 7.88. The molecule has 0 unspecified atom stereocenters. The van der Waals surface area contributed by atoms with Crippen molar-refractivity contribution >= 4 is 45.9 Å². The maximum atomic E-state index is 12.7. The van der Waals surface area contributed by atoms with Crippen LogP contribution in [0.25, 0.3) is 0 Å². The lowest BCUT2D eigenvalue weighted by molar-refractivity contribution is -0.113. The van der Waals surface area contributed by atoms with E-state index in [0.717, 1.165) is 28.2 Å². The van der Waals surface area contributed by atoms with Crippen molar-refractivity contribution in [1.82, 2.24) is 14.8 Å². The summed E-state index contributed by atoms with van der Waals surface area (Å²) < 4.78 is 12.9. The van der Waals surface area contributed by atoms with E-state index in [2.05, 4.69) is 21.6 Å². The topological polar surface area (TPSA) is 138 Å². The number of ether oxygens (including phenoxy) is 2. The van der Waals surface area contributed by atoms with Crippen LogP contribution in [0, 0.1) is 20.8 Å². The van der Waals surface area contributed by atoms with Gasteiger partial charge in [-0.1, -0.05) is 29.5 Å². The van der Waals surface area contributed by atoms with E-state index in [-0.39, 0.29) is 40.3 Å². The summed E-state index contributed by atoms with van der Waals surface area (Å²) in [5.74, 6) is -0.239. The van der Waals surface area contributed by atoms with Crippen molar-refractivity contribution in [3.63, 3.8) is 0 Å². The standard InChI is InChI=1S/C24H29N5O5S2/c1-6-29-17(11-34-16-9-8-13(3)10-14(16)4)27-28-24(29)35-12-18(30)26-22-19(23(32)33-7-2)15(5)20(36-22)21(25)31/h8-10H,6-7,11-12H2,1-5H3,(H2,25,31)(H,26,30). The molecule has 3 N–H and O–H groups in total. The Labute approximate surface area is 217 Å². The van der Waals surface area contributed by atoms with Gasteiger partial charge in [-0.05, 0) is 51.8 Å². The van der Waals surface area contributed by atoms with E-state index in [1.54, 1.807) is 13.8 Å². The molecule has 0 saturated heterocycles. The molecule has 2 amide bonds. The summed E-state index contributed by atoms with van der Waals surface area (Å²) in [5, 5.41) is 11.9. The van der Waals surface area contributed by atoms with Crippen molar-refractivity contribution in [2.45, 2.75) is 52.9 Å². The van der Waals surface area contributed by atoms with Crippen LogP contribution in [0.15, 0.2) is 23.4 Å². The van der Waals surface area contributed by atoms with E-state index in [9.17, 15) is 14.4 Å². The molecule has 1 aromatic carbocycles. The van der Waals surface area contributed by atoms with Crippen molar-refractivity contribution in [2.75, 3.05) is 17.7 Å². The number of amides is 2. The Balaban J connectivity index is 1.68. The van der Waals surface area contributed by atoms with E-state index >= 15 is 0 Å². The van der Waals surface area contributed by atoms with E-state index < -0.39 is 11.9 Å². The molecule has 2 heterocycles. The lowest BCUT2D eigenvalue weighted by Gasteiger charge is -2.11. The number of nitrogens with one attached hydrogen (secondary N) is 1. The van der Waals surface area contributed by atoms with Crippen molar-refractivity contribution in [3.8, 4) is 5.75 Å². The fraction of sp³-hybridized carbons (Fsp3) is 0.375. The third-order valence-corrected chi connectivity index (χ3v) is 7.42. The molecule has 0 fully saturated rings. The monoisotopic (exact) mass is 531 g/mol. The van der Waals surface area contributed by atoms with Crippen molar-refractivity contribution in [2.24, 2.45) is 5.73 Å². The van der Waals surface area contributed by atoms with Crippen LogP contribution in [-0.2, 0) is 22.7 Å². The molecule has 3 aromatic rings. The number of carbonyl (C=O) groups is 3. The smallest absolute Gasteiger partial charge is 0.341 e. The van der Waals surface area contributed by atoms with Gasteiger partial charge in [0.2, 0.25) is 5.91 Å². The van der Waals surface area contributed by atoms with Crippen LogP contribution in [0.3, 0.4) is 0 Å². The fourth-order valence-electron chi connectivity index (χ4n) is 3.53. The summed E-state index contributed by atoms with van der Waals surface area (Å²) in [6.45, 7) is 10.2. The Hall–Kier alpha value is -3.38. The summed E-state index contributed by atoms with van der Waals surface area (Å²) in [6, 6.07) is 5.97. The number of hydrogen-bond donors (Lipinski definition) is 2. The Morgan fingerprint density at radius 3 is 2.56 bits per heavy atom. The highest BCUT2D eigenvalue weighted by atomic mass is 32.2. The molecule has 0 spiro atoms. The third-order valence-electron chi connectivity index (χ3n) is 5.23. The number of thioether (sulfide) groups is 1. The van der Waals surface area contributed by atoms with E-state index in [1.807, 2.05) is 37.5 Å². The highest BCUT2D eigenvalue weighted by Crippen LogP contribution is 2.34. The minimum absolute atomic E-state index is 0.0151. The molecule has 0 saturated carbocycles. The summed E-state index contributed by atoms with van der Waals surface area (Å²) >= 11 is 2.16. The maximum Gasteiger partial charge on any atom is 0.341 e. The highest BCUT2D eigenvalue weighted by molar-refractivity contribution is 7.99. The Morgan fingerprint density at radius 1 is 1.17 bits per heavy atom. The molecule has 0 aliphatic heterocycles. The number of aromatic nitrogens is 3. The van der Waals surface area contributed by atoms with Gasteiger partial charge in [0.15, 0.2) is 11.0 Å². The predicted molar refractivity (Wildman–Crippen MR) is 139 cm³/mol. The van der Waals surface area contributed by atoms with Crippen molar-refractivity contribution in [1.29, 1.82) is 0 Å². The van der Waals surface area contributed by atoms with Gasteiger partial charge in [-0.2, -0.15) is 0 Å². The van der Waals surface area contributed by atoms with Gasteiger partial charge in [0.1, 0.15) is 17.4 Å². The van der Waals surface area contributed by atoms with Gasteiger partial charge < -0.3 is 25.1 Å². The van der Waals surface area contributed by atoms with Crippen LogP contribution in [0.5, 0.6) is 5.75 Å². The number of nitrogens with zero attached hydrogens (tertiary/aromatic N) is 3. The molecular weight excluding hydrogens is 502 g/mol. The van der Waals surface area contributed by atoms with Gasteiger partial charge in [0, 0.05) is 6.54 Å². The van der Waals surface area contributed by atoms with E-state index in [1.165, 1.54) is 11.8 Å². The zero-order valence-corrected chi connectivity index (χ0v) is 22.5. The molecule has 0 radical (unpaired) electrons. The number of esters is 1. The first-order chi connectivity index (χ1) is 17.2. The average molecular weight is 532 g/mol. The Bertz CT molecular complexity index is 1280. The van der Waals surface area contributed by atoms with Gasteiger partial charge in [0.05, 0.1) is 22.8 Å². The number of thiophene rings is 1. The minimum Gasteiger partial charge on any atom is -0.485 e. The van der Waals surface area contributed by atoms with E-state index in [0.29, 0.717) is 23.1 Å². The summed E-state index contributed by atoms with van der Waals surface area (Å²) in [5.41, 5.74) is 8.13. The first kappa shape index (κ1) is 27.2. The maximum absolute atomic E-state index is 12.7. The molecule has 0 bridgehead atoms. The Kier molecular flexibility index (Phi) is 9.10. The molecule has 2 aromatic heterocycles. The van der Waals surface area contributed by atoms with Crippen LogP contribution < -0.4 is 15.8 Å². The normalized spacial score (nSPS) is 10.8. The van der Waals surface area contributed by atoms with Crippen molar-refractivity contribution in [3.05, 3.63) is 51.2 Å². The zero-order chi connectivity index (χ0) is 26.4. The molecule has 12 heteroatoms. The molecule has 192 valence electrons. The number of carbonyl (C=O) groups excluding carboxylic acids is 3. The summed E-state index contributed by atoms with van der Waals surface area (Å²) in [6.07, 6.45) is 0. The van der Waals surface area contributed by atoms with Crippen LogP contribution in [-0.4, -0.2) is 44.9 Å². The van der Waals surface area contributed by atoms with Gasteiger partial charge >= 0.3 is 5.97 Å². The zero-order valence-electron chi connectivity index (χ0n) is 20.8. The van der Waals surface area contributed by atoms with Crippen molar-refractivity contribution < 1.29 is 23.9 Å². The molecule has 0 atom stereocenters. The van der Waals surface area contributed by atoms with Gasteiger partial charge in [-0.3, -0.25) is 9.59 Å². The number of rotatable bonds is 11. The molecule has 0 aliphatic rings. The fourth-order valence-corrected chi connectivity index (χ4v) is 5.42. The lowest BCUT2D eigenvalue weighted by atomic mass is 10.1. The lowest BCUT2D eigenvalue weighted by Crippen LogP contribution is -2.17. The van der Waals surface area contributed by atoms with E-state index in [4.69, 9.17) is 15.2 Å². The largest absolute Gasteiger partial charge is 0.485 e. The molecule has 0 aliphatic carbocycles. The second kappa shape index (κ2) is 12.0. The first-order valence-corrected chi connectivity index (χ1v) is 13.1.